The molecule has 3 atom stereocenters. The Labute approximate surface area is 99.2 Å². The van der Waals surface area contributed by atoms with E-state index in [9.17, 15) is 4.79 Å². The van der Waals surface area contributed by atoms with Crippen LogP contribution >= 0.6 is 0 Å². The smallest absolute Gasteiger partial charge is 0.237 e. The summed E-state index contributed by atoms with van der Waals surface area (Å²) in [5.74, 6) is 0.656. The van der Waals surface area contributed by atoms with Crippen LogP contribution in [0.5, 0.6) is 0 Å². The lowest BCUT2D eigenvalue weighted by Crippen LogP contribution is -2.48. The van der Waals surface area contributed by atoms with E-state index in [1.807, 2.05) is 0 Å². The molecule has 1 saturated carbocycles. The lowest BCUT2D eigenvalue weighted by Gasteiger charge is -2.30. The molecule has 2 unspecified atom stereocenters. The number of carbonyl (C=O) groups is 1. The number of hydrogen-bond donors (Lipinski definition) is 2. The Kier molecular flexibility index (Phi) is 5.81. The molecule has 0 heterocycles. The summed E-state index contributed by atoms with van der Waals surface area (Å²) < 4.78 is 0. The molecule has 3 heteroatoms. The summed E-state index contributed by atoms with van der Waals surface area (Å²) in [6, 6.07) is 0.0444. The molecule has 1 aliphatic rings. The van der Waals surface area contributed by atoms with E-state index in [0.29, 0.717) is 12.0 Å². The second kappa shape index (κ2) is 6.89. The summed E-state index contributed by atoms with van der Waals surface area (Å²) in [6.07, 6.45) is 7.83. The second-order valence-corrected chi connectivity index (χ2v) is 5.13. The van der Waals surface area contributed by atoms with Crippen LogP contribution in [0.1, 0.15) is 58.8 Å². The van der Waals surface area contributed by atoms with Crippen LogP contribution in [0.2, 0.25) is 0 Å². The highest BCUT2D eigenvalue weighted by Gasteiger charge is 2.24. The van der Waals surface area contributed by atoms with Gasteiger partial charge < -0.3 is 11.1 Å². The molecule has 3 N–H and O–H groups in total. The van der Waals surface area contributed by atoms with Gasteiger partial charge in [-0.25, -0.2) is 0 Å². The van der Waals surface area contributed by atoms with Crippen molar-refractivity contribution in [2.75, 3.05) is 0 Å². The summed E-state index contributed by atoms with van der Waals surface area (Å²) in [4.78, 5) is 11.8. The van der Waals surface area contributed by atoms with Crippen molar-refractivity contribution in [3.05, 3.63) is 0 Å². The Morgan fingerprint density at radius 3 is 2.75 bits per heavy atom. The van der Waals surface area contributed by atoms with Crippen molar-refractivity contribution in [2.24, 2.45) is 11.7 Å². The van der Waals surface area contributed by atoms with E-state index in [-0.39, 0.29) is 11.9 Å². The van der Waals surface area contributed by atoms with Gasteiger partial charge in [0.15, 0.2) is 0 Å². The fourth-order valence-corrected chi connectivity index (χ4v) is 2.38. The van der Waals surface area contributed by atoms with Gasteiger partial charge in [-0.1, -0.05) is 39.5 Å². The minimum Gasteiger partial charge on any atom is -0.352 e. The molecule has 16 heavy (non-hydrogen) atoms. The van der Waals surface area contributed by atoms with Gasteiger partial charge in [0, 0.05) is 6.04 Å². The summed E-state index contributed by atoms with van der Waals surface area (Å²) in [7, 11) is 0. The number of carbonyl (C=O) groups excluding carboxylic acids is 1. The standard InChI is InChI=1S/C13H26N2O/c1-3-4-8-11(14)13(16)15-12-9-6-5-7-10(12)2/h10-12H,3-9,14H2,1-2H3,(H,15,16)/t10?,11-,12?/m0/s1. The normalized spacial score (nSPS) is 27.4. The molecular formula is C13H26N2O. The molecule has 0 aliphatic heterocycles. The van der Waals surface area contributed by atoms with E-state index in [0.717, 1.165) is 25.7 Å². The number of hydrogen-bond acceptors (Lipinski definition) is 2. The Hall–Kier alpha value is -0.570. The highest BCUT2D eigenvalue weighted by molar-refractivity contribution is 5.81. The monoisotopic (exact) mass is 226 g/mol. The average molecular weight is 226 g/mol. The van der Waals surface area contributed by atoms with Crippen molar-refractivity contribution in [1.29, 1.82) is 0 Å². The molecule has 1 fully saturated rings. The quantitative estimate of drug-likeness (QED) is 0.755. The third-order valence-electron chi connectivity index (χ3n) is 3.64. The predicted molar refractivity (Wildman–Crippen MR) is 67.1 cm³/mol. The second-order valence-electron chi connectivity index (χ2n) is 5.13. The van der Waals surface area contributed by atoms with E-state index < -0.39 is 0 Å². The van der Waals surface area contributed by atoms with Crippen LogP contribution in [0.3, 0.4) is 0 Å². The maximum atomic E-state index is 11.8. The Balaban J connectivity index is 2.31. The number of nitrogens with two attached hydrogens (primary N) is 1. The van der Waals surface area contributed by atoms with Gasteiger partial charge in [0.2, 0.25) is 5.91 Å². The Morgan fingerprint density at radius 2 is 2.12 bits per heavy atom. The first-order chi connectivity index (χ1) is 7.65. The molecule has 1 amide bonds. The zero-order valence-electron chi connectivity index (χ0n) is 10.7. The van der Waals surface area contributed by atoms with Crippen LogP contribution in [0.4, 0.5) is 0 Å². The van der Waals surface area contributed by atoms with E-state index in [1.54, 1.807) is 0 Å². The van der Waals surface area contributed by atoms with Crippen LogP contribution < -0.4 is 11.1 Å². The van der Waals surface area contributed by atoms with Crippen LogP contribution in [-0.2, 0) is 4.79 Å². The van der Waals surface area contributed by atoms with Crippen LogP contribution in [0.25, 0.3) is 0 Å². The molecule has 94 valence electrons. The summed E-state index contributed by atoms with van der Waals surface area (Å²) >= 11 is 0. The molecule has 3 nitrogen and oxygen atoms in total. The van der Waals surface area contributed by atoms with Crippen molar-refractivity contribution < 1.29 is 4.79 Å². The van der Waals surface area contributed by atoms with E-state index >= 15 is 0 Å². The number of rotatable bonds is 5. The number of unbranched alkanes of at least 4 members (excludes halogenated alkanes) is 1. The predicted octanol–water partition coefficient (Wildman–Crippen LogP) is 2.20. The number of nitrogens with one attached hydrogen (secondary N) is 1. The molecule has 0 spiro atoms. The molecular weight excluding hydrogens is 200 g/mol. The lowest BCUT2D eigenvalue weighted by atomic mass is 9.86. The third-order valence-corrected chi connectivity index (χ3v) is 3.64. The zero-order valence-corrected chi connectivity index (χ0v) is 10.7. The first-order valence-electron chi connectivity index (χ1n) is 6.71. The summed E-state index contributed by atoms with van der Waals surface area (Å²) in [5.41, 5.74) is 5.85. The molecule has 0 aromatic carbocycles. The Bertz CT molecular complexity index is 218. The fraction of sp³-hybridized carbons (Fsp3) is 0.923. The van der Waals surface area contributed by atoms with E-state index in [1.165, 1.54) is 19.3 Å². The van der Waals surface area contributed by atoms with Gasteiger partial charge in [-0.3, -0.25) is 4.79 Å². The molecule has 0 saturated heterocycles. The van der Waals surface area contributed by atoms with Gasteiger partial charge in [0.1, 0.15) is 0 Å². The molecule has 0 radical (unpaired) electrons. The SMILES string of the molecule is CCCC[C@H](N)C(=O)NC1CCCCC1C. The largest absolute Gasteiger partial charge is 0.352 e. The zero-order chi connectivity index (χ0) is 12.0. The fourth-order valence-electron chi connectivity index (χ4n) is 2.38. The van der Waals surface area contributed by atoms with Gasteiger partial charge in [0.05, 0.1) is 6.04 Å². The maximum absolute atomic E-state index is 11.8. The maximum Gasteiger partial charge on any atom is 0.237 e. The van der Waals surface area contributed by atoms with Gasteiger partial charge in [-0.2, -0.15) is 0 Å². The highest BCUT2D eigenvalue weighted by atomic mass is 16.2. The minimum atomic E-state index is -0.311. The van der Waals surface area contributed by atoms with Crippen molar-refractivity contribution in [2.45, 2.75) is 70.9 Å². The molecule has 0 aromatic rings. The average Bonchev–Trinajstić information content (AvgIpc) is 2.28. The van der Waals surface area contributed by atoms with Gasteiger partial charge >= 0.3 is 0 Å². The van der Waals surface area contributed by atoms with Gasteiger partial charge in [-0.05, 0) is 25.2 Å². The third kappa shape index (κ3) is 4.12. The topological polar surface area (TPSA) is 55.1 Å². The van der Waals surface area contributed by atoms with Crippen LogP contribution in [0.15, 0.2) is 0 Å². The molecule has 1 aliphatic carbocycles. The molecule has 1 rings (SSSR count). The van der Waals surface area contributed by atoms with Gasteiger partial charge in [-0.15, -0.1) is 0 Å². The van der Waals surface area contributed by atoms with Gasteiger partial charge in [0.25, 0.3) is 0 Å². The minimum absolute atomic E-state index is 0.0483. The summed E-state index contributed by atoms with van der Waals surface area (Å²) in [6.45, 7) is 4.34. The van der Waals surface area contributed by atoms with Crippen LogP contribution in [0, 0.1) is 5.92 Å². The van der Waals surface area contributed by atoms with Crippen molar-refractivity contribution in [3.63, 3.8) is 0 Å². The lowest BCUT2D eigenvalue weighted by molar-refractivity contribution is -0.123. The highest BCUT2D eigenvalue weighted by Crippen LogP contribution is 2.23. The first-order valence-corrected chi connectivity index (χ1v) is 6.71. The first kappa shape index (κ1) is 13.5. The van der Waals surface area contributed by atoms with E-state index in [2.05, 4.69) is 19.2 Å². The van der Waals surface area contributed by atoms with E-state index in [4.69, 9.17) is 5.73 Å². The van der Waals surface area contributed by atoms with Crippen molar-refractivity contribution >= 4 is 5.91 Å². The number of amides is 1. The summed E-state index contributed by atoms with van der Waals surface area (Å²) in [5, 5.41) is 3.11. The molecule has 0 aromatic heterocycles. The molecule has 0 bridgehead atoms. The van der Waals surface area contributed by atoms with Crippen molar-refractivity contribution in [1.82, 2.24) is 5.32 Å². The van der Waals surface area contributed by atoms with Crippen molar-refractivity contribution in [3.8, 4) is 0 Å². The van der Waals surface area contributed by atoms with Crippen LogP contribution in [-0.4, -0.2) is 18.0 Å². The Morgan fingerprint density at radius 1 is 1.44 bits per heavy atom.